The number of benzene rings is 2. The second kappa shape index (κ2) is 7.62. The summed E-state index contributed by atoms with van der Waals surface area (Å²) in [6.07, 6.45) is 2.92. The van der Waals surface area contributed by atoms with Crippen LogP contribution in [0, 0.1) is 0 Å². The molecule has 1 aliphatic carbocycles. The molecule has 0 saturated heterocycles. The summed E-state index contributed by atoms with van der Waals surface area (Å²) in [6, 6.07) is 13.6. The smallest absolute Gasteiger partial charge is 0.318 e. The number of halogens is 1. The maximum absolute atomic E-state index is 12.6. The molecule has 5 heteroatoms. The molecule has 0 spiro atoms. The number of carboxylic acid groups (broad SMARTS) is 1. The summed E-state index contributed by atoms with van der Waals surface area (Å²) < 4.78 is 0. The van der Waals surface area contributed by atoms with E-state index in [1.165, 1.54) is 0 Å². The molecule has 0 saturated carbocycles. The highest BCUT2D eigenvalue weighted by Crippen LogP contribution is 2.53. The van der Waals surface area contributed by atoms with Crippen molar-refractivity contribution in [2.45, 2.75) is 37.5 Å². The van der Waals surface area contributed by atoms with Crippen molar-refractivity contribution in [3.05, 3.63) is 59.2 Å². The molecule has 26 heavy (non-hydrogen) atoms. The van der Waals surface area contributed by atoms with E-state index in [0.717, 1.165) is 46.0 Å². The van der Waals surface area contributed by atoms with Gasteiger partial charge in [0, 0.05) is 11.8 Å². The van der Waals surface area contributed by atoms with Crippen LogP contribution in [0.2, 0.25) is 0 Å². The second-order valence-corrected chi connectivity index (χ2v) is 7.50. The van der Waals surface area contributed by atoms with Gasteiger partial charge in [0.1, 0.15) is 5.41 Å². The number of aryl methyl sites for hydroxylation is 1. The average molecular weight is 416 g/mol. The molecule has 0 radical (unpaired) electrons. The summed E-state index contributed by atoms with van der Waals surface area (Å²) in [5.41, 5.74) is 8.80. The van der Waals surface area contributed by atoms with Crippen molar-refractivity contribution in [1.82, 2.24) is 0 Å². The van der Waals surface area contributed by atoms with Gasteiger partial charge >= 0.3 is 5.97 Å². The number of nitrogens with two attached hydrogens (primary N) is 1. The zero-order valence-electron chi connectivity index (χ0n) is 14.5. The molecule has 1 atom stereocenters. The van der Waals surface area contributed by atoms with Crippen LogP contribution in [0.5, 0.6) is 0 Å². The highest BCUT2D eigenvalue weighted by molar-refractivity contribution is 9.09. The first-order valence-electron chi connectivity index (χ1n) is 8.82. The lowest BCUT2D eigenvalue weighted by molar-refractivity contribution is -0.142. The van der Waals surface area contributed by atoms with Crippen molar-refractivity contribution in [3.63, 3.8) is 0 Å². The van der Waals surface area contributed by atoms with Crippen LogP contribution in [-0.2, 0) is 21.4 Å². The molecule has 1 unspecified atom stereocenters. The Hall–Kier alpha value is -2.14. The van der Waals surface area contributed by atoms with E-state index in [9.17, 15) is 14.7 Å². The van der Waals surface area contributed by atoms with Gasteiger partial charge in [-0.3, -0.25) is 9.59 Å². The Bertz CT molecular complexity index is 849. The molecule has 0 aromatic heterocycles. The van der Waals surface area contributed by atoms with Gasteiger partial charge in [-0.15, -0.1) is 0 Å². The van der Waals surface area contributed by atoms with Gasteiger partial charge < -0.3 is 10.8 Å². The third-order valence-corrected chi connectivity index (χ3v) is 5.76. The third kappa shape index (κ3) is 3.05. The number of carboxylic acids is 1. The molecule has 3 rings (SSSR count). The minimum atomic E-state index is -1.07. The minimum Gasteiger partial charge on any atom is -0.480 e. The Labute approximate surface area is 161 Å². The maximum Gasteiger partial charge on any atom is 0.318 e. The molecular weight excluding hydrogens is 394 g/mol. The van der Waals surface area contributed by atoms with Gasteiger partial charge in [0.15, 0.2) is 0 Å². The van der Waals surface area contributed by atoms with Crippen molar-refractivity contribution in [1.29, 1.82) is 0 Å². The van der Waals surface area contributed by atoms with Gasteiger partial charge in [-0.1, -0.05) is 64.8 Å². The first-order chi connectivity index (χ1) is 12.5. The second-order valence-electron chi connectivity index (χ2n) is 6.71. The van der Waals surface area contributed by atoms with Crippen molar-refractivity contribution in [2.24, 2.45) is 5.73 Å². The van der Waals surface area contributed by atoms with Crippen LogP contribution in [0.1, 0.15) is 42.4 Å². The van der Waals surface area contributed by atoms with E-state index in [0.29, 0.717) is 12.8 Å². The Balaban J connectivity index is 2.21. The predicted molar refractivity (Wildman–Crippen MR) is 105 cm³/mol. The van der Waals surface area contributed by atoms with Crippen molar-refractivity contribution < 1.29 is 14.7 Å². The van der Waals surface area contributed by atoms with Gasteiger partial charge in [0.2, 0.25) is 5.91 Å². The van der Waals surface area contributed by atoms with E-state index in [1.807, 2.05) is 42.5 Å². The summed E-state index contributed by atoms with van der Waals surface area (Å²) in [5.74, 6) is -1.21. The number of unbranched alkanes of at least 4 members (excludes halogenated alkanes) is 1. The summed E-state index contributed by atoms with van der Waals surface area (Å²) in [7, 11) is 0. The molecule has 0 heterocycles. The number of amides is 1. The monoisotopic (exact) mass is 415 g/mol. The van der Waals surface area contributed by atoms with Gasteiger partial charge in [-0.25, -0.2) is 0 Å². The largest absolute Gasteiger partial charge is 0.480 e. The fraction of sp³-hybridized carbons (Fsp3) is 0.333. The number of hydrogen-bond acceptors (Lipinski definition) is 2. The molecule has 3 N–H and O–H groups in total. The Morgan fingerprint density at radius 2 is 1.77 bits per heavy atom. The predicted octanol–water partition coefficient (Wildman–Crippen LogP) is 4.02. The van der Waals surface area contributed by atoms with E-state index in [4.69, 9.17) is 5.73 Å². The lowest BCUT2D eigenvalue weighted by Crippen LogP contribution is -2.36. The summed E-state index contributed by atoms with van der Waals surface area (Å²) in [5, 5.41) is 11.2. The van der Waals surface area contributed by atoms with Gasteiger partial charge in [-0.05, 0) is 47.1 Å². The Morgan fingerprint density at radius 1 is 1.04 bits per heavy atom. The fourth-order valence-corrected chi connectivity index (χ4v) is 4.49. The molecular formula is C21H22BrNO3. The van der Waals surface area contributed by atoms with E-state index in [1.54, 1.807) is 0 Å². The Kier molecular flexibility index (Phi) is 5.47. The SMILES string of the molecule is NC(=O)CCc1cccc2c1C(CCCCBr)(C(=O)O)c1ccccc1-2. The van der Waals surface area contributed by atoms with Gasteiger partial charge in [0.25, 0.3) is 0 Å². The van der Waals surface area contributed by atoms with Gasteiger partial charge in [-0.2, -0.15) is 0 Å². The van der Waals surface area contributed by atoms with Gasteiger partial charge in [0.05, 0.1) is 0 Å². The number of aliphatic carboxylic acids is 1. The lowest BCUT2D eigenvalue weighted by Gasteiger charge is -2.29. The van der Waals surface area contributed by atoms with Crippen LogP contribution in [-0.4, -0.2) is 22.3 Å². The summed E-state index contributed by atoms with van der Waals surface area (Å²) >= 11 is 3.43. The van der Waals surface area contributed by atoms with Crippen LogP contribution in [0.3, 0.4) is 0 Å². The van der Waals surface area contributed by atoms with Crippen molar-refractivity contribution in [3.8, 4) is 11.1 Å². The number of alkyl halides is 1. The molecule has 4 nitrogen and oxygen atoms in total. The molecule has 1 aliphatic rings. The molecule has 2 aromatic carbocycles. The number of carbonyl (C=O) groups is 2. The number of hydrogen-bond donors (Lipinski definition) is 2. The average Bonchev–Trinajstić information content (AvgIpc) is 2.92. The topological polar surface area (TPSA) is 80.4 Å². The lowest BCUT2D eigenvalue weighted by atomic mass is 9.72. The first-order valence-corrected chi connectivity index (χ1v) is 9.94. The molecule has 1 amide bonds. The van der Waals surface area contributed by atoms with Crippen LogP contribution in [0.4, 0.5) is 0 Å². The van der Waals surface area contributed by atoms with Crippen LogP contribution in [0.15, 0.2) is 42.5 Å². The number of fused-ring (bicyclic) bond motifs is 3. The van der Waals surface area contributed by atoms with E-state index in [2.05, 4.69) is 15.9 Å². The molecule has 136 valence electrons. The highest BCUT2D eigenvalue weighted by Gasteiger charge is 2.49. The van der Waals surface area contributed by atoms with Crippen LogP contribution in [0.25, 0.3) is 11.1 Å². The quantitative estimate of drug-likeness (QED) is 0.504. The van der Waals surface area contributed by atoms with E-state index in [-0.39, 0.29) is 12.3 Å². The molecule has 0 aliphatic heterocycles. The van der Waals surface area contributed by atoms with Crippen molar-refractivity contribution in [2.75, 3.05) is 5.33 Å². The number of primary amides is 1. The standard InChI is InChI=1S/C21H22BrNO3/c22-13-4-3-12-21(20(25)26)17-9-2-1-7-15(17)16-8-5-6-14(19(16)21)10-11-18(23)24/h1-2,5-9H,3-4,10-13H2,(H2,23,24)(H,25,26). The molecule has 2 aromatic rings. The fourth-order valence-electron chi connectivity index (χ4n) is 4.09. The van der Waals surface area contributed by atoms with E-state index < -0.39 is 11.4 Å². The number of carbonyl (C=O) groups excluding carboxylic acids is 1. The number of rotatable bonds is 8. The zero-order chi connectivity index (χ0) is 18.7. The Morgan fingerprint density at radius 3 is 2.46 bits per heavy atom. The zero-order valence-corrected chi connectivity index (χ0v) is 16.1. The highest BCUT2D eigenvalue weighted by atomic mass is 79.9. The minimum absolute atomic E-state index is 0.212. The summed E-state index contributed by atoms with van der Waals surface area (Å²) in [6.45, 7) is 0. The van der Waals surface area contributed by atoms with Crippen molar-refractivity contribution >= 4 is 27.8 Å². The molecule has 0 fully saturated rings. The molecule has 0 bridgehead atoms. The van der Waals surface area contributed by atoms with Crippen LogP contribution >= 0.6 is 15.9 Å². The maximum atomic E-state index is 12.6. The third-order valence-electron chi connectivity index (χ3n) is 5.20. The normalized spacial score (nSPS) is 17.6. The van der Waals surface area contributed by atoms with E-state index >= 15 is 0 Å². The van der Waals surface area contributed by atoms with Crippen LogP contribution < -0.4 is 5.73 Å². The summed E-state index contributed by atoms with van der Waals surface area (Å²) in [4.78, 5) is 23.9. The first kappa shape index (κ1) is 18.6.